The Hall–Kier alpha value is -4.10. The minimum atomic E-state index is -1.88. The molecule has 4 heterocycles. The van der Waals surface area contributed by atoms with Crippen molar-refractivity contribution in [2.45, 2.75) is 58.3 Å². The number of ether oxygens (including phenoxy) is 1. The molecule has 2 aliphatic heterocycles. The maximum Gasteiger partial charge on any atom is 0.343 e. The van der Waals surface area contributed by atoms with Crippen LogP contribution in [0.4, 0.5) is 0 Å². The number of esters is 1. The van der Waals surface area contributed by atoms with E-state index in [0.29, 0.717) is 22.6 Å². The molecule has 2 aliphatic rings. The van der Waals surface area contributed by atoms with Crippen molar-refractivity contribution in [3.63, 3.8) is 0 Å². The third-order valence-electron chi connectivity index (χ3n) is 7.88. The summed E-state index contributed by atoms with van der Waals surface area (Å²) >= 11 is 0. The van der Waals surface area contributed by atoms with Gasteiger partial charge in [0.1, 0.15) is 6.61 Å². The number of carbonyl (C=O) groups excluding carboxylic acids is 1. The number of aromatic nitrogens is 2. The van der Waals surface area contributed by atoms with Crippen molar-refractivity contribution in [2.24, 2.45) is 0 Å². The third kappa shape index (κ3) is 3.38. The van der Waals surface area contributed by atoms with Gasteiger partial charge in [0.25, 0.3) is 5.56 Å². The van der Waals surface area contributed by atoms with Gasteiger partial charge in [-0.15, -0.1) is 0 Å². The highest BCUT2D eigenvalue weighted by atomic mass is 16.6. The lowest BCUT2D eigenvalue weighted by Crippen LogP contribution is -2.44. The Labute approximate surface area is 220 Å². The number of hydrogen-bond donors (Lipinski definition) is 2. The van der Waals surface area contributed by atoms with E-state index in [0.717, 1.165) is 22.1 Å². The van der Waals surface area contributed by atoms with Crippen LogP contribution in [0, 0.1) is 5.41 Å². The Morgan fingerprint density at radius 1 is 1.11 bits per heavy atom. The molecular weight excluding hydrogens is 478 g/mol. The lowest BCUT2D eigenvalue weighted by molar-refractivity contribution is -0.172. The van der Waals surface area contributed by atoms with E-state index in [1.54, 1.807) is 17.6 Å². The molecule has 0 spiro atoms. The fourth-order valence-electron chi connectivity index (χ4n) is 5.59. The Bertz CT molecular complexity index is 1730. The summed E-state index contributed by atoms with van der Waals surface area (Å²) in [5.74, 6) is -0.747. The van der Waals surface area contributed by atoms with Crippen LogP contribution in [-0.4, -0.2) is 26.3 Å². The first-order chi connectivity index (χ1) is 18.0. The number of fused-ring (bicyclic) bond motifs is 5. The van der Waals surface area contributed by atoms with E-state index >= 15 is 0 Å². The number of benzene rings is 2. The predicted octanol–water partition coefficient (Wildman–Crippen LogP) is 4.79. The molecule has 0 saturated heterocycles. The first-order valence-electron chi connectivity index (χ1n) is 12.8. The van der Waals surface area contributed by atoms with Crippen LogP contribution in [-0.2, 0) is 33.7 Å². The van der Waals surface area contributed by atoms with Gasteiger partial charge in [-0.3, -0.25) is 10.2 Å². The van der Waals surface area contributed by atoms with Crippen LogP contribution in [0.15, 0.2) is 59.4 Å². The fourth-order valence-corrected chi connectivity index (χ4v) is 5.59. The molecule has 2 N–H and O–H groups in total. The number of nitrogens with one attached hydrogen (secondary N) is 1. The summed E-state index contributed by atoms with van der Waals surface area (Å²) in [4.78, 5) is 31.1. The second-order valence-electron chi connectivity index (χ2n) is 11.1. The van der Waals surface area contributed by atoms with Crippen LogP contribution >= 0.6 is 0 Å². The zero-order chi connectivity index (χ0) is 27.0. The van der Waals surface area contributed by atoms with E-state index in [4.69, 9.17) is 9.72 Å². The number of para-hydroxylation sites is 1. The molecule has 1 unspecified atom stereocenters. The molecule has 0 amide bonds. The third-order valence-corrected chi connectivity index (χ3v) is 7.88. The van der Waals surface area contributed by atoms with Gasteiger partial charge in [0.05, 0.1) is 34.7 Å². The molecule has 4 aromatic rings. The van der Waals surface area contributed by atoms with Crippen LogP contribution in [0.25, 0.3) is 22.3 Å². The quantitative estimate of drug-likeness (QED) is 0.270. The van der Waals surface area contributed by atoms with Crippen LogP contribution in [0.2, 0.25) is 0 Å². The average Bonchev–Trinajstić information content (AvgIpc) is 3.27. The summed E-state index contributed by atoms with van der Waals surface area (Å²) in [6.07, 6.45) is 0.0835. The van der Waals surface area contributed by atoms with E-state index in [-0.39, 0.29) is 41.7 Å². The molecule has 1 atom stereocenters. The molecule has 0 aliphatic carbocycles. The molecule has 2 aromatic heterocycles. The Balaban J connectivity index is 1.58. The first-order valence-corrected chi connectivity index (χ1v) is 12.8. The van der Waals surface area contributed by atoms with E-state index in [2.05, 4.69) is 32.9 Å². The van der Waals surface area contributed by atoms with E-state index in [1.165, 1.54) is 5.56 Å². The van der Waals surface area contributed by atoms with Crippen LogP contribution < -0.4 is 5.56 Å². The highest BCUT2D eigenvalue weighted by Crippen LogP contribution is 2.40. The van der Waals surface area contributed by atoms with Crippen LogP contribution in [0.1, 0.15) is 67.5 Å². The van der Waals surface area contributed by atoms with Crippen molar-refractivity contribution in [2.75, 3.05) is 0 Å². The minimum absolute atomic E-state index is 0.00122. The number of pyridine rings is 2. The van der Waals surface area contributed by atoms with Crippen LogP contribution in [0.3, 0.4) is 0 Å². The van der Waals surface area contributed by atoms with E-state index < -0.39 is 11.6 Å². The number of nitrogens with zero attached hydrogens (tertiary/aromatic N) is 2. The average molecular weight is 508 g/mol. The van der Waals surface area contributed by atoms with Gasteiger partial charge < -0.3 is 14.4 Å². The number of hydrogen-bond acceptors (Lipinski definition) is 6. The van der Waals surface area contributed by atoms with Gasteiger partial charge >= 0.3 is 5.97 Å². The Morgan fingerprint density at radius 2 is 1.82 bits per heavy atom. The number of aliphatic hydroxyl groups is 1. The van der Waals surface area contributed by atoms with Gasteiger partial charge in [-0.05, 0) is 29.5 Å². The maximum absolute atomic E-state index is 13.6. The SMILES string of the molecule is CCC1(O)C(=O)OCc2c1cc1n(c2=O)Cc2c-1nc1ccccc1c2C(=N)c1ccc(C(C)(C)C)cc1. The van der Waals surface area contributed by atoms with Gasteiger partial charge in [0.2, 0.25) is 0 Å². The fraction of sp³-hybridized carbons (Fsp3) is 0.290. The van der Waals surface area contributed by atoms with Crippen molar-refractivity contribution in [3.05, 3.63) is 98.3 Å². The molecule has 0 radical (unpaired) electrons. The lowest BCUT2D eigenvalue weighted by Gasteiger charge is -2.31. The van der Waals surface area contributed by atoms with Crippen molar-refractivity contribution in [1.82, 2.24) is 9.55 Å². The molecule has 6 rings (SSSR count). The van der Waals surface area contributed by atoms with Gasteiger partial charge in [0.15, 0.2) is 5.60 Å². The summed E-state index contributed by atoms with van der Waals surface area (Å²) in [6, 6.07) is 17.4. The maximum atomic E-state index is 13.6. The van der Waals surface area contributed by atoms with E-state index in [9.17, 15) is 20.1 Å². The van der Waals surface area contributed by atoms with Gasteiger partial charge in [-0.1, -0.05) is 70.2 Å². The normalized spacial score (nSPS) is 18.1. The highest BCUT2D eigenvalue weighted by Gasteiger charge is 2.45. The topological polar surface area (TPSA) is 105 Å². The second kappa shape index (κ2) is 8.20. The Kier molecular flexibility index (Phi) is 5.23. The highest BCUT2D eigenvalue weighted by molar-refractivity contribution is 6.19. The predicted molar refractivity (Wildman–Crippen MR) is 146 cm³/mol. The molecule has 192 valence electrons. The summed E-state index contributed by atoms with van der Waals surface area (Å²) in [7, 11) is 0. The summed E-state index contributed by atoms with van der Waals surface area (Å²) in [5.41, 5.74) is 4.03. The summed E-state index contributed by atoms with van der Waals surface area (Å²) in [5, 5.41) is 21.3. The number of carbonyl (C=O) groups is 1. The molecule has 7 nitrogen and oxygen atoms in total. The lowest BCUT2D eigenvalue weighted by atomic mass is 9.85. The molecule has 7 heteroatoms. The first kappa shape index (κ1) is 24.2. The van der Waals surface area contributed by atoms with Crippen molar-refractivity contribution in [3.8, 4) is 11.4 Å². The van der Waals surface area contributed by atoms with Crippen molar-refractivity contribution >= 4 is 22.6 Å². The molecule has 38 heavy (non-hydrogen) atoms. The van der Waals surface area contributed by atoms with Crippen LogP contribution in [0.5, 0.6) is 0 Å². The smallest absolute Gasteiger partial charge is 0.343 e. The Morgan fingerprint density at radius 3 is 2.50 bits per heavy atom. The molecular formula is C31H29N3O4. The summed E-state index contributed by atoms with van der Waals surface area (Å²) < 4.78 is 6.81. The molecule has 2 aromatic carbocycles. The molecule has 0 fully saturated rings. The standard InChI is InChI=1S/C31H29N3O4/c1-5-31(37)22-14-24-27-20(15-34(24)28(35)21(22)16-38-29(31)36)25(19-8-6-7-9-23(19)33-27)26(32)17-10-12-18(13-11-17)30(2,3)4/h6-14,32,37H,5,15-16H2,1-4H3. The monoisotopic (exact) mass is 507 g/mol. The zero-order valence-corrected chi connectivity index (χ0v) is 21.9. The number of cyclic esters (lactones) is 1. The van der Waals surface area contributed by atoms with Gasteiger partial charge in [0, 0.05) is 27.6 Å². The minimum Gasteiger partial charge on any atom is -0.458 e. The number of rotatable bonds is 3. The molecule has 0 saturated carbocycles. The van der Waals surface area contributed by atoms with Crippen molar-refractivity contribution in [1.29, 1.82) is 5.41 Å². The summed E-state index contributed by atoms with van der Waals surface area (Å²) in [6.45, 7) is 8.22. The van der Waals surface area contributed by atoms with Gasteiger partial charge in [-0.2, -0.15) is 0 Å². The zero-order valence-electron chi connectivity index (χ0n) is 21.9. The largest absolute Gasteiger partial charge is 0.458 e. The van der Waals surface area contributed by atoms with Crippen molar-refractivity contribution < 1.29 is 14.6 Å². The molecule has 0 bridgehead atoms. The van der Waals surface area contributed by atoms with Gasteiger partial charge in [-0.25, -0.2) is 9.78 Å². The van der Waals surface area contributed by atoms with E-state index in [1.807, 2.05) is 36.4 Å². The second-order valence-corrected chi connectivity index (χ2v) is 11.1.